The Labute approximate surface area is 287 Å². The van der Waals surface area contributed by atoms with E-state index in [2.05, 4.69) is 5.32 Å². The number of amides is 2. The molecule has 0 bridgehead atoms. The van der Waals surface area contributed by atoms with E-state index >= 15 is 0 Å². The van der Waals surface area contributed by atoms with Crippen LogP contribution >= 0.6 is 23.2 Å². The largest absolute Gasteiger partial charge is 0.495 e. The van der Waals surface area contributed by atoms with Gasteiger partial charge in [-0.1, -0.05) is 90.8 Å². The zero-order valence-electron chi connectivity index (χ0n) is 26.8. The molecular formula is C36H39Cl2N3O5S. The summed E-state index contributed by atoms with van der Waals surface area (Å²) in [7, 11) is -2.86. The van der Waals surface area contributed by atoms with Crippen molar-refractivity contribution in [1.82, 2.24) is 10.2 Å². The molecule has 0 unspecified atom stereocenters. The molecule has 0 heterocycles. The highest BCUT2D eigenvalue weighted by molar-refractivity contribution is 7.92. The highest BCUT2D eigenvalue weighted by Gasteiger charge is 2.36. The summed E-state index contributed by atoms with van der Waals surface area (Å²) in [5.41, 5.74) is 2.19. The predicted octanol–water partition coefficient (Wildman–Crippen LogP) is 7.06. The Bertz CT molecular complexity index is 1770. The minimum Gasteiger partial charge on any atom is -0.495 e. The predicted molar refractivity (Wildman–Crippen MR) is 188 cm³/mol. The zero-order chi connectivity index (χ0) is 34.1. The van der Waals surface area contributed by atoms with Gasteiger partial charge >= 0.3 is 0 Å². The van der Waals surface area contributed by atoms with Gasteiger partial charge in [-0.05, 0) is 67.8 Å². The normalized spacial score (nSPS) is 12.6. The minimum absolute atomic E-state index is 0.00703. The van der Waals surface area contributed by atoms with Crippen molar-refractivity contribution in [3.05, 3.63) is 124 Å². The van der Waals surface area contributed by atoms with Crippen LogP contribution in [0, 0.1) is 6.92 Å². The number of halogens is 2. The molecule has 0 aromatic heterocycles. The Kier molecular flexibility index (Phi) is 12.3. The van der Waals surface area contributed by atoms with Crippen LogP contribution in [0.1, 0.15) is 37.0 Å². The Morgan fingerprint density at radius 1 is 0.894 bits per heavy atom. The molecule has 0 aliphatic rings. The van der Waals surface area contributed by atoms with Gasteiger partial charge in [-0.2, -0.15) is 0 Å². The van der Waals surface area contributed by atoms with Gasteiger partial charge in [0.05, 0.1) is 17.7 Å². The summed E-state index contributed by atoms with van der Waals surface area (Å²) in [6.07, 6.45) is 0.834. The molecule has 0 saturated carbocycles. The zero-order valence-corrected chi connectivity index (χ0v) is 29.1. The fourth-order valence-corrected chi connectivity index (χ4v) is 7.03. The van der Waals surface area contributed by atoms with E-state index in [1.54, 1.807) is 54.6 Å². The summed E-state index contributed by atoms with van der Waals surface area (Å²) in [6.45, 7) is 4.87. The van der Waals surface area contributed by atoms with E-state index in [0.29, 0.717) is 22.0 Å². The average Bonchev–Trinajstić information content (AvgIpc) is 3.06. The Morgan fingerprint density at radius 3 is 2.11 bits per heavy atom. The molecule has 0 aliphatic carbocycles. The van der Waals surface area contributed by atoms with Gasteiger partial charge < -0.3 is 15.0 Å². The number of hydrogen-bond acceptors (Lipinski definition) is 5. The molecular weight excluding hydrogens is 657 g/mol. The Balaban J connectivity index is 1.88. The van der Waals surface area contributed by atoms with Crippen molar-refractivity contribution in [3.8, 4) is 5.75 Å². The van der Waals surface area contributed by atoms with Crippen molar-refractivity contribution < 1.29 is 22.7 Å². The summed E-state index contributed by atoms with van der Waals surface area (Å²) < 4.78 is 35.2. The van der Waals surface area contributed by atoms with Crippen LogP contribution in [0.5, 0.6) is 5.75 Å². The number of methoxy groups -OCH3 is 1. The third-order valence-electron chi connectivity index (χ3n) is 7.88. The Hall–Kier alpha value is -4.05. The summed E-state index contributed by atoms with van der Waals surface area (Å²) in [4.78, 5) is 30.1. The second-order valence-corrected chi connectivity index (χ2v) is 13.9. The molecule has 248 valence electrons. The summed E-state index contributed by atoms with van der Waals surface area (Å²) in [6, 6.07) is 26.1. The maximum Gasteiger partial charge on any atom is 0.264 e. The van der Waals surface area contributed by atoms with Gasteiger partial charge in [0.25, 0.3) is 10.0 Å². The van der Waals surface area contributed by atoms with Crippen LogP contribution < -0.4 is 14.4 Å². The summed E-state index contributed by atoms with van der Waals surface area (Å²) in [5, 5.41) is 3.64. The van der Waals surface area contributed by atoms with Crippen LogP contribution in [0.25, 0.3) is 0 Å². The SMILES string of the molecule is CC[C@H](C)NC(=O)[C@@H](Cc1ccccc1)N(Cc1c(Cl)cccc1Cl)C(=O)CN(c1cc(C)ccc1OC)S(=O)(=O)c1ccccc1. The number of carbonyl (C=O) groups is 2. The van der Waals surface area contributed by atoms with Crippen LogP contribution in [0.3, 0.4) is 0 Å². The van der Waals surface area contributed by atoms with Gasteiger partial charge in [0.1, 0.15) is 18.3 Å². The molecule has 0 fully saturated rings. The van der Waals surface area contributed by atoms with Gasteiger partial charge in [-0.15, -0.1) is 0 Å². The van der Waals surface area contributed by atoms with Gasteiger partial charge in [0, 0.05) is 34.6 Å². The second-order valence-electron chi connectivity index (χ2n) is 11.2. The van der Waals surface area contributed by atoms with E-state index in [-0.39, 0.29) is 41.2 Å². The highest BCUT2D eigenvalue weighted by Crippen LogP contribution is 2.34. The summed E-state index contributed by atoms with van der Waals surface area (Å²) >= 11 is 13.2. The highest BCUT2D eigenvalue weighted by atomic mass is 35.5. The van der Waals surface area contributed by atoms with E-state index in [9.17, 15) is 18.0 Å². The number of anilines is 1. The molecule has 0 aliphatic heterocycles. The number of aryl methyl sites for hydroxylation is 1. The standard InChI is InChI=1S/C36H39Cl2N3O5S/c1-5-26(3)39-36(43)33(22-27-13-8-6-9-14-27)40(23-29-30(37)17-12-18-31(29)38)35(42)24-41(32-21-25(2)19-20-34(32)46-4)47(44,45)28-15-10-7-11-16-28/h6-21,26,33H,5,22-24H2,1-4H3,(H,39,43)/t26-,33+/m0/s1. The summed E-state index contributed by atoms with van der Waals surface area (Å²) in [5.74, 6) is -0.756. The molecule has 1 N–H and O–H groups in total. The van der Waals surface area contributed by atoms with Crippen molar-refractivity contribution in [2.24, 2.45) is 0 Å². The number of hydrogen-bond donors (Lipinski definition) is 1. The molecule has 2 atom stereocenters. The topological polar surface area (TPSA) is 96.0 Å². The first-order chi connectivity index (χ1) is 22.5. The number of sulfonamides is 1. The monoisotopic (exact) mass is 695 g/mol. The van der Waals surface area contributed by atoms with Gasteiger partial charge in [-0.25, -0.2) is 8.42 Å². The lowest BCUT2D eigenvalue weighted by atomic mass is 10.0. The number of nitrogens with one attached hydrogen (secondary N) is 1. The van der Waals surface area contributed by atoms with Crippen molar-refractivity contribution >= 4 is 50.7 Å². The molecule has 0 saturated heterocycles. The first-order valence-corrected chi connectivity index (χ1v) is 17.4. The third kappa shape index (κ3) is 8.86. The van der Waals surface area contributed by atoms with Gasteiger partial charge in [0.2, 0.25) is 11.8 Å². The molecule has 11 heteroatoms. The number of nitrogens with zero attached hydrogens (tertiary/aromatic N) is 2. The van der Waals surface area contributed by atoms with Crippen LogP contribution in [0.4, 0.5) is 5.69 Å². The first-order valence-electron chi connectivity index (χ1n) is 15.2. The first kappa shape index (κ1) is 35.8. The van der Waals surface area contributed by atoms with Gasteiger partial charge in [-0.3, -0.25) is 13.9 Å². The molecule has 8 nitrogen and oxygen atoms in total. The van der Waals surface area contributed by atoms with Gasteiger partial charge in [0.15, 0.2) is 0 Å². The minimum atomic E-state index is -4.30. The van der Waals surface area contributed by atoms with E-state index < -0.39 is 28.5 Å². The second kappa shape index (κ2) is 16.2. The van der Waals surface area contributed by atoms with E-state index in [1.807, 2.05) is 51.1 Å². The van der Waals surface area contributed by atoms with Crippen LogP contribution in [-0.2, 0) is 32.6 Å². The lowest BCUT2D eigenvalue weighted by molar-refractivity contribution is -0.140. The number of ether oxygens (including phenoxy) is 1. The molecule has 2 amide bonds. The fourth-order valence-electron chi connectivity index (χ4n) is 5.08. The van der Waals surface area contributed by atoms with E-state index in [0.717, 1.165) is 15.4 Å². The molecule has 47 heavy (non-hydrogen) atoms. The lowest BCUT2D eigenvalue weighted by Crippen LogP contribution is -2.54. The quantitative estimate of drug-likeness (QED) is 0.152. The van der Waals surface area contributed by atoms with Crippen LogP contribution in [-0.4, -0.2) is 50.9 Å². The molecule has 4 aromatic carbocycles. The van der Waals surface area contributed by atoms with Crippen molar-refractivity contribution in [2.45, 2.75) is 57.1 Å². The van der Waals surface area contributed by atoms with E-state index in [1.165, 1.54) is 24.1 Å². The molecule has 0 spiro atoms. The maximum atomic E-state index is 14.7. The third-order valence-corrected chi connectivity index (χ3v) is 10.4. The lowest BCUT2D eigenvalue weighted by Gasteiger charge is -2.35. The van der Waals surface area contributed by atoms with E-state index in [4.69, 9.17) is 27.9 Å². The number of benzene rings is 4. The fraction of sp³-hybridized carbons (Fsp3) is 0.278. The smallest absolute Gasteiger partial charge is 0.264 e. The number of carbonyl (C=O) groups excluding carboxylic acids is 2. The molecule has 0 radical (unpaired) electrons. The van der Waals surface area contributed by atoms with Crippen LogP contribution in [0.2, 0.25) is 10.0 Å². The Morgan fingerprint density at radius 2 is 1.51 bits per heavy atom. The van der Waals surface area contributed by atoms with Crippen molar-refractivity contribution in [1.29, 1.82) is 0 Å². The number of rotatable bonds is 14. The average molecular weight is 697 g/mol. The van der Waals surface area contributed by atoms with Crippen molar-refractivity contribution in [3.63, 3.8) is 0 Å². The van der Waals surface area contributed by atoms with Crippen LogP contribution in [0.15, 0.2) is 102 Å². The maximum absolute atomic E-state index is 14.7. The van der Waals surface area contributed by atoms with Crippen molar-refractivity contribution in [2.75, 3.05) is 18.0 Å². The molecule has 4 aromatic rings. The molecule has 4 rings (SSSR count).